The van der Waals surface area contributed by atoms with E-state index in [2.05, 4.69) is 45.6 Å². The molecule has 1 aromatic heterocycles. The highest BCUT2D eigenvalue weighted by Gasteiger charge is 2.23. The van der Waals surface area contributed by atoms with Gasteiger partial charge in [0.05, 0.1) is 12.8 Å². The maximum absolute atomic E-state index is 6.25. The number of aryl methyl sites for hydroxylation is 1. The van der Waals surface area contributed by atoms with Crippen molar-refractivity contribution in [2.24, 2.45) is 5.73 Å². The second-order valence-corrected chi connectivity index (χ2v) is 6.29. The van der Waals surface area contributed by atoms with Gasteiger partial charge in [-0.1, -0.05) is 15.9 Å². The number of aromatic nitrogens is 1. The first-order valence-electron chi connectivity index (χ1n) is 6.92. The molecule has 2 aromatic rings. The monoisotopic (exact) mass is 334 g/mol. The lowest BCUT2D eigenvalue weighted by Crippen LogP contribution is -2.18. The standard InChI is InChI=1S/C16H19BrN2O/c1-10-6-14-15(18)4-3-5-16(14)19(10)12-7-11(17)8-13(9-12)20-2/h6-9,15H,3-5,18H2,1-2H3. The molecule has 0 amide bonds. The second kappa shape index (κ2) is 5.26. The minimum absolute atomic E-state index is 0.174. The van der Waals surface area contributed by atoms with Crippen molar-refractivity contribution >= 4 is 15.9 Å². The summed E-state index contributed by atoms with van der Waals surface area (Å²) in [5, 5.41) is 0. The van der Waals surface area contributed by atoms with Crippen LogP contribution in [0, 0.1) is 6.92 Å². The fraction of sp³-hybridized carbons (Fsp3) is 0.375. The van der Waals surface area contributed by atoms with E-state index in [-0.39, 0.29) is 6.04 Å². The smallest absolute Gasteiger partial charge is 0.122 e. The zero-order chi connectivity index (χ0) is 14.3. The van der Waals surface area contributed by atoms with Gasteiger partial charge in [0.2, 0.25) is 0 Å². The van der Waals surface area contributed by atoms with Gasteiger partial charge in [0, 0.05) is 28.0 Å². The first kappa shape index (κ1) is 13.7. The van der Waals surface area contributed by atoms with Crippen LogP contribution >= 0.6 is 15.9 Å². The molecular weight excluding hydrogens is 316 g/mol. The van der Waals surface area contributed by atoms with Gasteiger partial charge >= 0.3 is 0 Å². The van der Waals surface area contributed by atoms with Crippen LogP contribution in [-0.4, -0.2) is 11.7 Å². The Morgan fingerprint density at radius 2 is 2.10 bits per heavy atom. The Kier molecular flexibility index (Phi) is 3.61. The first-order valence-corrected chi connectivity index (χ1v) is 7.71. The Hall–Kier alpha value is -1.26. The molecule has 0 saturated heterocycles. The van der Waals surface area contributed by atoms with E-state index in [1.807, 2.05) is 6.07 Å². The Morgan fingerprint density at radius 1 is 1.30 bits per heavy atom. The van der Waals surface area contributed by atoms with Crippen LogP contribution in [-0.2, 0) is 6.42 Å². The van der Waals surface area contributed by atoms with Crippen molar-refractivity contribution in [1.82, 2.24) is 4.57 Å². The second-order valence-electron chi connectivity index (χ2n) is 5.37. The SMILES string of the molecule is COc1cc(Br)cc(-n2c(C)cc3c2CCCC3N)c1. The molecule has 1 heterocycles. The topological polar surface area (TPSA) is 40.2 Å². The van der Waals surface area contributed by atoms with E-state index in [1.54, 1.807) is 7.11 Å². The molecule has 0 bridgehead atoms. The number of halogens is 1. The summed E-state index contributed by atoms with van der Waals surface area (Å²) in [6.45, 7) is 2.14. The molecule has 1 atom stereocenters. The van der Waals surface area contributed by atoms with E-state index in [0.29, 0.717) is 0 Å². The normalized spacial score (nSPS) is 17.9. The fourth-order valence-electron chi connectivity index (χ4n) is 3.09. The summed E-state index contributed by atoms with van der Waals surface area (Å²) in [6, 6.07) is 8.56. The summed E-state index contributed by atoms with van der Waals surface area (Å²) in [5.41, 5.74) is 11.3. The van der Waals surface area contributed by atoms with Crippen LogP contribution in [0.4, 0.5) is 0 Å². The number of ether oxygens (including phenoxy) is 1. The highest BCUT2D eigenvalue weighted by Crippen LogP contribution is 2.34. The van der Waals surface area contributed by atoms with Crippen molar-refractivity contribution in [1.29, 1.82) is 0 Å². The van der Waals surface area contributed by atoms with Crippen molar-refractivity contribution in [3.8, 4) is 11.4 Å². The minimum atomic E-state index is 0.174. The van der Waals surface area contributed by atoms with Crippen LogP contribution in [0.1, 0.15) is 35.8 Å². The highest BCUT2D eigenvalue weighted by molar-refractivity contribution is 9.10. The van der Waals surface area contributed by atoms with E-state index in [4.69, 9.17) is 10.5 Å². The number of methoxy groups -OCH3 is 1. The summed E-state index contributed by atoms with van der Waals surface area (Å²) in [6.07, 6.45) is 3.33. The Morgan fingerprint density at radius 3 is 2.85 bits per heavy atom. The Labute approximate surface area is 127 Å². The van der Waals surface area contributed by atoms with Gasteiger partial charge in [-0.2, -0.15) is 0 Å². The van der Waals surface area contributed by atoms with Crippen LogP contribution in [0.2, 0.25) is 0 Å². The van der Waals surface area contributed by atoms with Crippen LogP contribution in [0.5, 0.6) is 5.75 Å². The third kappa shape index (κ3) is 2.27. The molecule has 2 N–H and O–H groups in total. The quantitative estimate of drug-likeness (QED) is 0.904. The molecule has 3 nitrogen and oxygen atoms in total. The van der Waals surface area contributed by atoms with E-state index < -0.39 is 0 Å². The van der Waals surface area contributed by atoms with E-state index in [0.717, 1.165) is 35.2 Å². The molecule has 0 saturated carbocycles. The molecular formula is C16H19BrN2O. The van der Waals surface area contributed by atoms with Gasteiger partial charge in [-0.05, 0) is 49.9 Å². The summed E-state index contributed by atoms with van der Waals surface area (Å²) in [7, 11) is 1.69. The zero-order valence-electron chi connectivity index (χ0n) is 11.8. The van der Waals surface area contributed by atoms with Gasteiger partial charge in [0.25, 0.3) is 0 Å². The van der Waals surface area contributed by atoms with Gasteiger partial charge in [-0.15, -0.1) is 0 Å². The molecule has 1 aliphatic carbocycles. The first-order chi connectivity index (χ1) is 9.60. The van der Waals surface area contributed by atoms with Crippen LogP contribution in [0.25, 0.3) is 5.69 Å². The molecule has 0 radical (unpaired) electrons. The van der Waals surface area contributed by atoms with Crippen molar-refractivity contribution < 1.29 is 4.74 Å². The average Bonchev–Trinajstić information content (AvgIpc) is 2.76. The number of nitrogens with two attached hydrogens (primary N) is 1. The summed E-state index contributed by atoms with van der Waals surface area (Å²) < 4.78 is 8.70. The number of benzene rings is 1. The van der Waals surface area contributed by atoms with Crippen molar-refractivity contribution in [3.05, 3.63) is 45.7 Å². The molecule has 0 spiro atoms. The third-order valence-corrected chi connectivity index (χ3v) is 4.46. The molecule has 20 heavy (non-hydrogen) atoms. The lowest BCUT2D eigenvalue weighted by atomic mass is 9.93. The van der Waals surface area contributed by atoms with Gasteiger partial charge in [-0.3, -0.25) is 0 Å². The third-order valence-electron chi connectivity index (χ3n) is 4.00. The molecule has 1 aliphatic rings. The number of hydrogen-bond acceptors (Lipinski definition) is 2. The van der Waals surface area contributed by atoms with Gasteiger partial charge in [0.15, 0.2) is 0 Å². The van der Waals surface area contributed by atoms with Gasteiger partial charge in [-0.25, -0.2) is 0 Å². The lowest BCUT2D eigenvalue weighted by Gasteiger charge is -2.21. The number of hydrogen-bond donors (Lipinski definition) is 1. The number of rotatable bonds is 2. The average molecular weight is 335 g/mol. The molecule has 1 aromatic carbocycles. The molecule has 0 aliphatic heterocycles. The molecule has 3 rings (SSSR count). The Bertz CT molecular complexity index is 648. The van der Waals surface area contributed by atoms with Crippen LogP contribution < -0.4 is 10.5 Å². The van der Waals surface area contributed by atoms with Crippen molar-refractivity contribution in [3.63, 3.8) is 0 Å². The van der Waals surface area contributed by atoms with E-state index in [1.165, 1.54) is 17.0 Å². The van der Waals surface area contributed by atoms with E-state index in [9.17, 15) is 0 Å². The molecule has 1 unspecified atom stereocenters. The molecule has 4 heteroatoms. The highest BCUT2D eigenvalue weighted by atomic mass is 79.9. The summed E-state index contributed by atoms with van der Waals surface area (Å²) in [4.78, 5) is 0. The van der Waals surface area contributed by atoms with Crippen LogP contribution in [0.15, 0.2) is 28.7 Å². The maximum atomic E-state index is 6.25. The predicted molar refractivity (Wildman–Crippen MR) is 84.6 cm³/mol. The van der Waals surface area contributed by atoms with E-state index >= 15 is 0 Å². The molecule has 106 valence electrons. The maximum Gasteiger partial charge on any atom is 0.122 e. The largest absolute Gasteiger partial charge is 0.497 e. The fourth-order valence-corrected chi connectivity index (χ4v) is 3.55. The van der Waals surface area contributed by atoms with Gasteiger partial charge in [0.1, 0.15) is 5.75 Å². The van der Waals surface area contributed by atoms with Gasteiger partial charge < -0.3 is 15.0 Å². The van der Waals surface area contributed by atoms with Crippen molar-refractivity contribution in [2.75, 3.05) is 7.11 Å². The predicted octanol–water partition coefficient (Wildman–Crippen LogP) is 3.89. The zero-order valence-corrected chi connectivity index (χ0v) is 13.4. The Balaban J connectivity index is 2.17. The summed E-state index contributed by atoms with van der Waals surface area (Å²) >= 11 is 3.55. The van der Waals surface area contributed by atoms with Crippen molar-refractivity contribution in [2.45, 2.75) is 32.2 Å². The summed E-state index contributed by atoms with van der Waals surface area (Å²) in [5.74, 6) is 0.858. The molecule has 0 fully saturated rings. The van der Waals surface area contributed by atoms with Crippen LogP contribution in [0.3, 0.4) is 0 Å². The number of fused-ring (bicyclic) bond motifs is 1. The number of nitrogens with zero attached hydrogens (tertiary/aromatic N) is 1. The minimum Gasteiger partial charge on any atom is -0.497 e. The lowest BCUT2D eigenvalue weighted by molar-refractivity contribution is 0.414.